The summed E-state index contributed by atoms with van der Waals surface area (Å²) < 4.78 is 62.8. The molecule has 0 unspecified atom stereocenters. The molecule has 10 heteroatoms. The van der Waals surface area contributed by atoms with Crippen LogP contribution in [0.15, 0.2) is 40.6 Å². The second kappa shape index (κ2) is 7.32. The fourth-order valence-electron chi connectivity index (χ4n) is 1.80. The number of alkyl halides is 2. The quantitative estimate of drug-likeness (QED) is 0.840. The van der Waals surface area contributed by atoms with Gasteiger partial charge in [-0.2, -0.15) is 4.31 Å². The van der Waals surface area contributed by atoms with Gasteiger partial charge in [-0.1, -0.05) is 12.1 Å². The maximum absolute atomic E-state index is 13.5. The molecule has 0 aliphatic heterocycles. The topological polar surface area (TPSA) is 66.5 Å². The third kappa shape index (κ3) is 4.13. The molecular formula is C14H13F3N2O3S2. The zero-order chi connectivity index (χ0) is 17.9. The molecule has 0 aliphatic rings. The van der Waals surface area contributed by atoms with E-state index in [1.807, 2.05) is 0 Å². The highest BCUT2D eigenvalue weighted by Crippen LogP contribution is 2.28. The molecule has 1 amide bonds. The Morgan fingerprint density at radius 2 is 1.92 bits per heavy atom. The largest absolute Gasteiger partial charge is 0.313 e. The van der Waals surface area contributed by atoms with Crippen molar-refractivity contribution in [2.24, 2.45) is 0 Å². The van der Waals surface area contributed by atoms with E-state index in [4.69, 9.17) is 0 Å². The van der Waals surface area contributed by atoms with Crippen LogP contribution in [0.1, 0.15) is 10.4 Å². The molecule has 1 aromatic carbocycles. The van der Waals surface area contributed by atoms with E-state index >= 15 is 0 Å². The standard InChI is InChI=1S/C14H13F3N2O3S2/c1-19(8-11(16)17)24(21,22)13-7-6-12(23-13)18-14(20)9-4-2-3-5-10(9)15/h2-7,11H,8H2,1H3,(H,18,20). The van der Waals surface area contributed by atoms with E-state index in [0.717, 1.165) is 13.1 Å². The van der Waals surface area contributed by atoms with Crippen LogP contribution in [0.5, 0.6) is 0 Å². The van der Waals surface area contributed by atoms with Crippen LogP contribution in [0.4, 0.5) is 18.2 Å². The lowest BCUT2D eigenvalue weighted by atomic mass is 10.2. The molecule has 1 aromatic heterocycles. The van der Waals surface area contributed by atoms with Crippen molar-refractivity contribution in [1.82, 2.24) is 4.31 Å². The highest BCUT2D eigenvalue weighted by Gasteiger charge is 2.25. The number of nitrogens with zero attached hydrogens (tertiary/aromatic N) is 1. The highest BCUT2D eigenvalue weighted by molar-refractivity contribution is 7.91. The van der Waals surface area contributed by atoms with E-state index in [1.165, 1.54) is 30.3 Å². The van der Waals surface area contributed by atoms with Gasteiger partial charge in [0.25, 0.3) is 22.4 Å². The van der Waals surface area contributed by atoms with Gasteiger partial charge in [-0.15, -0.1) is 11.3 Å². The minimum absolute atomic E-state index is 0.160. The Labute approximate surface area is 140 Å². The van der Waals surface area contributed by atoms with E-state index in [0.29, 0.717) is 15.6 Å². The van der Waals surface area contributed by atoms with Gasteiger partial charge in [0.15, 0.2) is 0 Å². The zero-order valence-electron chi connectivity index (χ0n) is 12.4. The number of rotatable bonds is 6. The minimum Gasteiger partial charge on any atom is -0.313 e. The van der Waals surface area contributed by atoms with Gasteiger partial charge in [-0.25, -0.2) is 21.6 Å². The van der Waals surface area contributed by atoms with Gasteiger partial charge in [-0.3, -0.25) is 4.79 Å². The third-order valence-corrected chi connectivity index (χ3v) is 6.29. The Balaban J connectivity index is 2.16. The van der Waals surface area contributed by atoms with Crippen LogP contribution in [0.25, 0.3) is 0 Å². The highest BCUT2D eigenvalue weighted by atomic mass is 32.2. The van der Waals surface area contributed by atoms with Crippen LogP contribution in [-0.4, -0.2) is 38.6 Å². The number of hydrogen-bond donors (Lipinski definition) is 1. The van der Waals surface area contributed by atoms with Crippen molar-refractivity contribution in [3.8, 4) is 0 Å². The first-order chi connectivity index (χ1) is 11.2. The van der Waals surface area contributed by atoms with E-state index in [2.05, 4.69) is 5.32 Å². The number of halogens is 3. The van der Waals surface area contributed by atoms with Crippen molar-refractivity contribution in [1.29, 1.82) is 0 Å². The number of nitrogens with one attached hydrogen (secondary N) is 1. The SMILES string of the molecule is CN(CC(F)F)S(=O)(=O)c1ccc(NC(=O)c2ccccc2F)s1. The lowest BCUT2D eigenvalue weighted by molar-refractivity contribution is 0.102. The number of benzene rings is 1. The van der Waals surface area contributed by atoms with Gasteiger partial charge in [0.05, 0.1) is 17.1 Å². The molecule has 130 valence electrons. The van der Waals surface area contributed by atoms with Crippen molar-refractivity contribution >= 4 is 32.3 Å². The molecule has 0 bridgehead atoms. The molecular weight excluding hydrogens is 365 g/mol. The van der Waals surface area contributed by atoms with E-state index in [-0.39, 0.29) is 14.8 Å². The summed E-state index contributed by atoms with van der Waals surface area (Å²) in [7, 11) is -3.03. The summed E-state index contributed by atoms with van der Waals surface area (Å²) in [6, 6.07) is 7.83. The van der Waals surface area contributed by atoms with Crippen LogP contribution in [0, 0.1) is 5.82 Å². The molecule has 0 spiro atoms. The Morgan fingerprint density at radius 1 is 1.25 bits per heavy atom. The van der Waals surface area contributed by atoms with Gasteiger partial charge in [-0.05, 0) is 24.3 Å². The fourth-order valence-corrected chi connectivity index (χ4v) is 4.36. The Kier molecular flexibility index (Phi) is 5.62. The number of anilines is 1. The Bertz CT molecular complexity index is 837. The molecule has 1 heterocycles. The molecule has 0 atom stereocenters. The summed E-state index contributed by atoms with van der Waals surface area (Å²) in [6.45, 7) is -0.933. The Hall–Kier alpha value is -1.91. The summed E-state index contributed by atoms with van der Waals surface area (Å²) in [5.74, 6) is -1.45. The molecule has 2 rings (SSSR count). The number of carbonyl (C=O) groups excluding carboxylic acids is 1. The number of sulfonamides is 1. The monoisotopic (exact) mass is 378 g/mol. The van der Waals surface area contributed by atoms with Crippen LogP contribution >= 0.6 is 11.3 Å². The number of carbonyl (C=O) groups is 1. The lowest BCUT2D eigenvalue weighted by Crippen LogP contribution is -2.30. The van der Waals surface area contributed by atoms with Gasteiger partial charge < -0.3 is 5.32 Å². The van der Waals surface area contributed by atoms with Crippen LogP contribution in [0.2, 0.25) is 0 Å². The molecule has 0 aliphatic carbocycles. The van der Waals surface area contributed by atoms with Crippen molar-refractivity contribution in [3.05, 3.63) is 47.8 Å². The summed E-state index contributed by atoms with van der Waals surface area (Å²) in [4.78, 5) is 12.0. The first-order valence-electron chi connectivity index (χ1n) is 6.62. The van der Waals surface area contributed by atoms with Gasteiger partial charge in [0.2, 0.25) is 0 Å². The molecule has 0 saturated carbocycles. The average Bonchev–Trinajstić information content (AvgIpc) is 2.96. The van der Waals surface area contributed by atoms with E-state index < -0.39 is 34.7 Å². The second-order valence-corrected chi connectivity index (χ2v) is 8.08. The minimum atomic E-state index is -4.08. The fraction of sp³-hybridized carbons (Fsp3) is 0.214. The predicted molar refractivity (Wildman–Crippen MR) is 84.5 cm³/mol. The van der Waals surface area contributed by atoms with Gasteiger partial charge in [0.1, 0.15) is 10.0 Å². The first-order valence-corrected chi connectivity index (χ1v) is 8.87. The van der Waals surface area contributed by atoms with Gasteiger partial charge in [0, 0.05) is 7.05 Å². The number of hydrogen-bond acceptors (Lipinski definition) is 4. The normalized spacial score (nSPS) is 11.9. The maximum atomic E-state index is 13.5. The molecule has 24 heavy (non-hydrogen) atoms. The smallest absolute Gasteiger partial charge is 0.259 e. The molecule has 1 N–H and O–H groups in total. The summed E-state index contributed by atoms with van der Waals surface area (Å²) in [5.41, 5.74) is -0.190. The average molecular weight is 378 g/mol. The van der Waals surface area contributed by atoms with Gasteiger partial charge >= 0.3 is 0 Å². The second-order valence-electron chi connectivity index (χ2n) is 4.73. The van der Waals surface area contributed by atoms with E-state index in [9.17, 15) is 26.4 Å². The van der Waals surface area contributed by atoms with Crippen molar-refractivity contribution < 1.29 is 26.4 Å². The van der Waals surface area contributed by atoms with E-state index in [1.54, 1.807) is 0 Å². The molecule has 0 radical (unpaired) electrons. The molecule has 5 nitrogen and oxygen atoms in total. The molecule has 0 fully saturated rings. The zero-order valence-corrected chi connectivity index (χ0v) is 14.0. The van der Waals surface area contributed by atoms with Crippen molar-refractivity contribution in [2.45, 2.75) is 10.6 Å². The molecule has 0 saturated heterocycles. The number of amides is 1. The lowest BCUT2D eigenvalue weighted by Gasteiger charge is -2.14. The van der Waals surface area contributed by atoms with Crippen LogP contribution in [0.3, 0.4) is 0 Å². The number of thiophene rings is 1. The van der Waals surface area contributed by atoms with Crippen LogP contribution < -0.4 is 5.32 Å². The summed E-state index contributed by atoms with van der Waals surface area (Å²) >= 11 is 0.695. The predicted octanol–water partition coefficient (Wildman–Crippen LogP) is 3.03. The summed E-state index contributed by atoms with van der Waals surface area (Å²) in [5, 5.41) is 2.54. The van der Waals surface area contributed by atoms with Crippen LogP contribution in [-0.2, 0) is 10.0 Å². The van der Waals surface area contributed by atoms with Crippen molar-refractivity contribution in [3.63, 3.8) is 0 Å². The van der Waals surface area contributed by atoms with Crippen molar-refractivity contribution in [2.75, 3.05) is 18.9 Å². The third-order valence-electron chi connectivity index (χ3n) is 3.00. The summed E-state index contributed by atoms with van der Waals surface area (Å²) in [6.07, 6.45) is -2.80. The first kappa shape index (κ1) is 18.4. The Morgan fingerprint density at radius 3 is 2.54 bits per heavy atom. The molecule has 2 aromatic rings. The maximum Gasteiger partial charge on any atom is 0.259 e.